The van der Waals surface area contributed by atoms with Crippen molar-refractivity contribution in [3.05, 3.63) is 450 Å². The molecule has 0 saturated heterocycles. The van der Waals surface area contributed by atoms with Crippen molar-refractivity contribution in [2.75, 3.05) is 85.3 Å². The number of benzene rings is 16. The average Bonchev–Trinajstić information content (AvgIpc) is 1.55. The SMILES string of the molecule is CC.CC.CC.CC.COc1cc(C2(c3cc(OC)c(OC)c(OC)c3)c3ccccc3-c3ccccc32)cc(OC)c1OC.COc1ccc(C2(c3ccc(OC)c(OC)c3)c3ccccc3-c3ccccc32)cc1OC.COc1ccc(C2(c3ccc(OC)cc3)c3ccccc3-c3ccccc32)cc1.Cc1cc(C2(c3cc(C)c(C)c(C)c3)c3ccccc3-c3ccccc32)cc(C)c1C. The Morgan fingerprint density at radius 1 is 0.152 bits per heavy atom. The highest BCUT2D eigenvalue weighted by atomic mass is 16.5. The summed E-state index contributed by atoms with van der Waals surface area (Å²) in [5, 5.41) is 0. The van der Waals surface area contributed by atoms with Crippen LogP contribution in [0.2, 0.25) is 0 Å². The third-order valence-corrected chi connectivity index (χ3v) is 27.4. The molecule has 0 heterocycles. The van der Waals surface area contributed by atoms with Crippen molar-refractivity contribution in [1.82, 2.24) is 0 Å². The number of aryl methyl sites for hydroxylation is 4. The van der Waals surface area contributed by atoms with E-state index >= 15 is 0 Å². The van der Waals surface area contributed by atoms with Crippen molar-refractivity contribution in [2.45, 2.75) is 119 Å². The molecule has 4 aliphatic rings. The Balaban J connectivity index is 0.000000152. The van der Waals surface area contributed by atoms with Gasteiger partial charge >= 0.3 is 0 Å². The number of rotatable bonds is 20. The summed E-state index contributed by atoms with van der Waals surface area (Å²) < 4.78 is 67.8. The van der Waals surface area contributed by atoms with Gasteiger partial charge in [-0.1, -0.05) is 310 Å². The molecule has 0 spiro atoms. The van der Waals surface area contributed by atoms with E-state index in [0.717, 1.165) is 56.0 Å². The number of ether oxygens (including phenoxy) is 12. The molecule has 4 aliphatic carbocycles. The number of methoxy groups -OCH3 is 12. The Morgan fingerprint density at radius 2 is 0.326 bits per heavy atom. The minimum Gasteiger partial charge on any atom is -0.497 e. The van der Waals surface area contributed by atoms with Crippen LogP contribution in [0.3, 0.4) is 0 Å². The Hall–Kier alpha value is -14.9. The maximum absolute atomic E-state index is 5.79. The molecule has 0 atom stereocenters. The third kappa shape index (κ3) is 17.2. The fourth-order valence-corrected chi connectivity index (χ4v) is 21.0. The van der Waals surface area contributed by atoms with Gasteiger partial charge in [-0.3, -0.25) is 0 Å². The van der Waals surface area contributed by atoms with Crippen LogP contribution in [0.1, 0.15) is 178 Å². The summed E-state index contributed by atoms with van der Waals surface area (Å²) in [5.41, 5.74) is 35.6. The second kappa shape index (κ2) is 44.3. The summed E-state index contributed by atoms with van der Waals surface area (Å²) in [5.74, 6) is 7.87. The molecule has 708 valence electrons. The van der Waals surface area contributed by atoms with Gasteiger partial charge in [-0.2, -0.15) is 0 Å². The summed E-state index contributed by atoms with van der Waals surface area (Å²) in [4.78, 5) is 0. The summed E-state index contributed by atoms with van der Waals surface area (Å²) in [6.07, 6.45) is 0. The van der Waals surface area contributed by atoms with Gasteiger partial charge in [0.05, 0.1) is 107 Å². The first-order valence-corrected chi connectivity index (χ1v) is 47.7. The van der Waals surface area contributed by atoms with Crippen LogP contribution in [0.25, 0.3) is 44.5 Å². The molecule has 0 aromatic heterocycles. The average molecular weight is 1840 g/mol. The Kier molecular flexibility index (Phi) is 32.3. The van der Waals surface area contributed by atoms with E-state index in [1.807, 2.05) is 116 Å². The van der Waals surface area contributed by atoms with Gasteiger partial charge in [0.1, 0.15) is 11.5 Å². The van der Waals surface area contributed by atoms with Crippen LogP contribution < -0.4 is 56.8 Å². The lowest BCUT2D eigenvalue weighted by Gasteiger charge is -2.35. The highest BCUT2D eigenvalue weighted by molar-refractivity contribution is 5.91. The first-order valence-electron chi connectivity index (χ1n) is 47.7. The quantitative estimate of drug-likeness (QED) is 0.0724. The van der Waals surface area contributed by atoms with E-state index in [1.54, 1.807) is 85.3 Å². The zero-order valence-corrected chi connectivity index (χ0v) is 85.1. The zero-order valence-electron chi connectivity index (χ0n) is 85.1. The van der Waals surface area contributed by atoms with Crippen molar-refractivity contribution < 1.29 is 56.8 Å². The number of hydrogen-bond acceptors (Lipinski definition) is 12. The van der Waals surface area contributed by atoms with E-state index in [-0.39, 0.29) is 10.8 Å². The molecular formula is C126H132O12. The summed E-state index contributed by atoms with van der Waals surface area (Å²) >= 11 is 0. The Morgan fingerprint density at radius 3 is 0.522 bits per heavy atom. The van der Waals surface area contributed by atoms with E-state index < -0.39 is 10.8 Å². The molecule has 16 aromatic rings. The maximum atomic E-state index is 5.79. The third-order valence-electron chi connectivity index (χ3n) is 27.4. The lowest BCUT2D eigenvalue weighted by Crippen LogP contribution is -2.29. The predicted molar refractivity (Wildman–Crippen MR) is 567 cm³/mol. The van der Waals surface area contributed by atoms with Gasteiger partial charge in [0.25, 0.3) is 0 Å². The fourth-order valence-electron chi connectivity index (χ4n) is 21.0. The van der Waals surface area contributed by atoms with Crippen molar-refractivity contribution in [1.29, 1.82) is 0 Å². The van der Waals surface area contributed by atoms with Crippen LogP contribution >= 0.6 is 0 Å². The maximum Gasteiger partial charge on any atom is 0.203 e. The van der Waals surface area contributed by atoms with Crippen LogP contribution in [-0.2, 0) is 21.7 Å². The van der Waals surface area contributed by atoms with Crippen molar-refractivity contribution in [2.24, 2.45) is 0 Å². The van der Waals surface area contributed by atoms with E-state index in [2.05, 4.69) is 308 Å². The minimum atomic E-state index is -0.743. The molecule has 20 rings (SSSR count). The molecule has 0 N–H and O–H groups in total. The van der Waals surface area contributed by atoms with Crippen LogP contribution in [-0.4, -0.2) is 85.3 Å². The van der Waals surface area contributed by atoms with E-state index in [1.165, 1.54) is 122 Å². The van der Waals surface area contributed by atoms with Gasteiger partial charge < -0.3 is 56.8 Å². The van der Waals surface area contributed by atoms with E-state index in [4.69, 9.17) is 56.8 Å². The molecule has 0 unspecified atom stereocenters. The van der Waals surface area contributed by atoms with Gasteiger partial charge in [-0.15, -0.1) is 0 Å². The molecule has 0 aliphatic heterocycles. The van der Waals surface area contributed by atoms with Crippen LogP contribution in [0.15, 0.2) is 328 Å². The summed E-state index contributed by atoms with van der Waals surface area (Å²) in [6, 6.07) is 117. The molecule has 0 bridgehead atoms. The monoisotopic (exact) mass is 1840 g/mol. The number of fused-ring (bicyclic) bond motifs is 12. The molecule has 0 fully saturated rings. The largest absolute Gasteiger partial charge is 0.497 e. The molecular weight excluding hydrogens is 1710 g/mol. The predicted octanol–water partition coefficient (Wildman–Crippen LogP) is 30.3. The van der Waals surface area contributed by atoms with Gasteiger partial charge in [-0.05, 0) is 281 Å². The molecule has 12 heteroatoms. The first-order chi connectivity index (χ1) is 67.4. The second-order valence-corrected chi connectivity index (χ2v) is 33.3. The summed E-state index contributed by atoms with van der Waals surface area (Å²) in [7, 11) is 19.8. The lowest BCUT2D eigenvalue weighted by atomic mass is 9.66. The highest BCUT2D eigenvalue weighted by Crippen LogP contribution is 2.63. The first kappa shape index (κ1) is 101. The standard InChI is InChI=1S/C31H30O6.C31H30.C29H26O4.C27H22O2.4C2H6/c1-32-25-15-19(16-26(33-2)29(25)36-5)31(20-17-27(34-3)30(37-6)28(18-20)35-4)23-13-9-7-11-21(23)22-12-8-10-14-24(22)31;1-19-15-25(16-20(2)23(19)5)31(26-17-21(3)24(6)22(4)18-26)29-13-9-7-11-27(29)28-12-8-10-14-30(28)31;1-30-25-15-13-19(17-27(25)32-3)29(20-14-16-26(31-2)28(18-20)33-4)23-11-7-5-9-21(23)22-10-6-8-12-24(22)29;1-28-21-15-11-19(12-16-21)27(20-13-17-22(29-2)18-14-20)25-9-5-3-7-23(25)24-8-4-6-10-26(24)27;4*1-2/h7-18H,1-6H3;7-18H,1-6H3;5-18H,1-4H3;3-18H,1-2H3;4*1-2H3. The minimum absolute atomic E-state index is 0.306. The van der Waals surface area contributed by atoms with Crippen LogP contribution in [0.5, 0.6) is 69.0 Å². The Bertz CT molecular complexity index is 6430. The van der Waals surface area contributed by atoms with Crippen molar-refractivity contribution >= 4 is 0 Å². The second-order valence-electron chi connectivity index (χ2n) is 33.3. The molecule has 0 amide bonds. The summed E-state index contributed by atoms with van der Waals surface area (Å²) in [6.45, 7) is 29.5. The molecule has 16 aromatic carbocycles. The topological polar surface area (TPSA) is 111 Å². The Labute approximate surface area is 819 Å². The van der Waals surface area contributed by atoms with E-state index in [9.17, 15) is 0 Å². The molecule has 138 heavy (non-hydrogen) atoms. The highest BCUT2D eigenvalue weighted by Gasteiger charge is 2.52. The lowest BCUT2D eigenvalue weighted by molar-refractivity contribution is 0.322. The van der Waals surface area contributed by atoms with Crippen LogP contribution in [0.4, 0.5) is 0 Å². The van der Waals surface area contributed by atoms with E-state index in [0.29, 0.717) is 57.5 Å². The molecule has 0 saturated carbocycles. The smallest absolute Gasteiger partial charge is 0.203 e. The van der Waals surface area contributed by atoms with Crippen molar-refractivity contribution in [3.63, 3.8) is 0 Å². The number of hydrogen-bond donors (Lipinski definition) is 0. The van der Waals surface area contributed by atoms with Gasteiger partial charge in [-0.25, -0.2) is 0 Å². The van der Waals surface area contributed by atoms with Gasteiger partial charge in [0, 0.05) is 0 Å². The molecule has 12 nitrogen and oxygen atoms in total. The van der Waals surface area contributed by atoms with Crippen LogP contribution in [0, 0.1) is 41.5 Å². The van der Waals surface area contributed by atoms with Crippen molar-refractivity contribution in [3.8, 4) is 114 Å². The fraction of sp³-hybridized carbons (Fsp3) is 0.238. The normalized spacial score (nSPS) is 12.7. The van der Waals surface area contributed by atoms with Gasteiger partial charge in [0.15, 0.2) is 46.0 Å². The molecule has 0 radical (unpaired) electrons. The zero-order chi connectivity index (χ0) is 98.9. The van der Waals surface area contributed by atoms with Gasteiger partial charge in [0.2, 0.25) is 11.5 Å².